The van der Waals surface area contributed by atoms with E-state index in [1.54, 1.807) is 43.0 Å². The summed E-state index contributed by atoms with van der Waals surface area (Å²) in [5.74, 6) is -0.0850. The first-order valence-electron chi connectivity index (χ1n) is 8.81. The van der Waals surface area contributed by atoms with Crippen LogP contribution in [0.5, 0.6) is 0 Å². The highest BCUT2D eigenvalue weighted by Crippen LogP contribution is 2.27. The van der Waals surface area contributed by atoms with E-state index < -0.39 is 10.0 Å². The molecule has 1 heterocycles. The molecule has 0 saturated carbocycles. The molecular formula is C20H23ClN2O3S. The molecule has 1 N–H and O–H groups in total. The van der Waals surface area contributed by atoms with Crippen LogP contribution in [0.2, 0.25) is 5.02 Å². The van der Waals surface area contributed by atoms with Crippen molar-refractivity contribution in [2.24, 2.45) is 5.92 Å². The van der Waals surface area contributed by atoms with Crippen LogP contribution in [-0.2, 0) is 14.8 Å². The van der Waals surface area contributed by atoms with Gasteiger partial charge >= 0.3 is 0 Å². The second-order valence-corrected chi connectivity index (χ2v) is 9.27. The maximum absolute atomic E-state index is 12.8. The molecule has 5 nitrogen and oxygen atoms in total. The number of benzene rings is 2. The Labute approximate surface area is 165 Å². The SMILES string of the molecule is Cc1cc(C)c(S(=O)(=O)NC[C@H]2CC(=O)N(c3ccc(Cl)cc3)C2)c(C)c1. The summed E-state index contributed by atoms with van der Waals surface area (Å²) in [5.41, 5.74) is 3.26. The Morgan fingerprint density at radius 1 is 1.11 bits per heavy atom. The van der Waals surface area contributed by atoms with Gasteiger partial charge in [0.05, 0.1) is 4.90 Å². The number of carbonyl (C=O) groups is 1. The highest BCUT2D eigenvalue weighted by Gasteiger charge is 2.32. The van der Waals surface area contributed by atoms with E-state index in [1.165, 1.54) is 0 Å². The largest absolute Gasteiger partial charge is 0.312 e. The monoisotopic (exact) mass is 406 g/mol. The van der Waals surface area contributed by atoms with Gasteiger partial charge in [0.25, 0.3) is 0 Å². The molecule has 7 heteroatoms. The number of anilines is 1. The lowest BCUT2D eigenvalue weighted by atomic mass is 10.1. The zero-order chi connectivity index (χ0) is 19.8. The lowest BCUT2D eigenvalue weighted by Gasteiger charge is -2.18. The Kier molecular flexibility index (Phi) is 5.60. The molecule has 3 rings (SSSR count). The summed E-state index contributed by atoms with van der Waals surface area (Å²) in [4.78, 5) is 14.3. The molecule has 27 heavy (non-hydrogen) atoms. The average molecular weight is 407 g/mol. The standard InChI is InChI=1S/C20H23ClN2O3S/c1-13-8-14(2)20(15(3)9-13)27(25,26)22-11-16-10-19(24)23(12-16)18-6-4-17(21)5-7-18/h4-9,16,22H,10-12H2,1-3H3/t16-/m1/s1. The van der Waals surface area contributed by atoms with Gasteiger partial charge < -0.3 is 4.90 Å². The average Bonchev–Trinajstić information content (AvgIpc) is 2.93. The highest BCUT2D eigenvalue weighted by molar-refractivity contribution is 7.89. The molecule has 1 atom stereocenters. The van der Waals surface area contributed by atoms with Gasteiger partial charge in [0.1, 0.15) is 0 Å². The number of halogens is 1. The van der Waals surface area contributed by atoms with Gasteiger partial charge in [-0.1, -0.05) is 29.3 Å². The summed E-state index contributed by atoms with van der Waals surface area (Å²) in [6.07, 6.45) is 0.316. The number of hydrogen-bond acceptors (Lipinski definition) is 3. The van der Waals surface area contributed by atoms with E-state index >= 15 is 0 Å². The van der Waals surface area contributed by atoms with Crippen LogP contribution in [0.15, 0.2) is 41.3 Å². The van der Waals surface area contributed by atoms with Crippen LogP contribution in [0.4, 0.5) is 5.69 Å². The summed E-state index contributed by atoms with van der Waals surface area (Å²) in [7, 11) is -3.63. The van der Waals surface area contributed by atoms with Crippen molar-refractivity contribution >= 4 is 33.2 Å². The number of aryl methyl sites for hydroxylation is 3. The molecule has 1 amide bonds. The Balaban J connectivity index is 1.70. The number of carbonyl (C=O) groups excluding carboxylic acids is 1. The van der Waals surface area contributed by atoms with Crippen LogP contribution in [-0.4, -0.2) is 27.4 Å². The Morgan fingerprint density at radius 3 is 2.30 bits per heavy atom. The molecule has 1 aliphatic heterocycles. The van der Waals surface area contributed by atoms with Crippen LogP contribution in [0.3, 0.4) is 0 Å². The van der Waals surface area contributed by atoms with Crippen molar-refractivity contribution in [2.75, 3.05) is 18.0 Å². The Hall–Kier alpha value is -1.89. The third kappa shape index (κ3) is 4.34. The maximum Gasteiger partial charge on any atom is 0.241 e. The molecule has 0 spiro atoms. The van der Waals surface area contributed by atoms with Crippen LogP contribution < -0.4 is 9.62 Å². The highest BCUT2D eigenvalue weighted by atomic mass is 35.5. The second kappa shape index (κ2) is 7.62. The molecule has 1 aliphatic rings. The first-order valence-corrected chi connectivity index (χ1v) is 10.7. The van der Waals surface area contributed by atoms with Crippen LogP contribution in [0.1, 0.15) is 23.1 Å². The van der Waals surface area contributed by atoms with Gasteiger partial charge in [-0.2, -0.15) is 0 Å². The van der Waals surface area contributed by atoms with Gasteiger partial charge in [0, 0.05) is 30.2 Å². The van der Waals surface area contributed by atoms with Crippen LogP contribution in [0, 0.1) is 26.7 Å². The van der Waals surface area contributed by atoms with Crippen molar-refractivity contribution in [3.63, 3.8) is 0 Å². The molecule has 0 unspecified atom stereocenters. The fourth-order valence-corrected chi connectivity index (χ4v) is 5.37. The molecule has 1 fully saturated rings. The topological polar surface area (TPSA) is 66.5 Å². The minimum Gasteiger partial charge on any atom is -0.312 e. The molecule has 1 saturated heterocycles. The summed E-state index contributed by atoms with van der Waals surface area (Å²) < 4.78 is 28.3. The predicted octanol–water partition coefficient (Wildman–Crippen LogP) is 3.60. The number of nitrogens with zero attached hydrogens (tertiary/aromatic N) is 1. The van der Waals surface area contributed by atoms with Crippen molar-refractivity contribution in [1.29, 1.82) is 0 Å². The first-order chi connectivity index (χ1) is 12.7. The van der Waals surface area contributed by atoms with Gasteiger partial charge in [0.2, 0.25) is 15.9 Å². The maximum atomic E-state index is 12.8. The van der Waals surface area contributed by atoms with Crippen molar-refractivity contribution in [1.82, 2.24) is 4.72 Å². The normalized spacial score (nSPS) is 17.6. The lowest BCUT2D eigenvalue weighted by molar-refractivity contribution is -0.117. The van der Waals surface area contributed by atoms with E-state index in [2.05, 4.69) is 4.72 Å². The second-order valence-electron chi connectivity index (χ2n) is 7.13. The van der Waals surface area contributed by atoms with Crippen LogP contribution in [0.25, 0.3) is 0 Å². The number of rotatable bonds is 5. The molecule has 2 aromatic rings. The number of sulfonamides is 1. The first kappa shape index (κ1) is 19.9. The Morgan fingerprint density at radius 2 is 1.70 bits per heavy atom. The van der Waals surface area contributed by atoms with Crippen LogP contribution >= 0.6 is 11.6 Å². The minimum absolute atomic E-state index is 0.00998. The summed E-state index contributed by atoms with van der Waals surface area (Å²) in [6.45, 7) is 6.25. The Bertz CT molecular complexity index is 948. The fourth-order valence-electron chi connectivity index (χ4n) is 3.68. The lowest BCUT2D eigenvalue weighted by Crippen LogP contribution is -2.32. The molecular weight excluding hydrogens is 384 g/mol. The summed E-state index contributed by atoms with van der Waals surface area (Å²) in [5, 5.41) is 0.610. The van der Waals surface area contributed by atoms with E-state index in [4.69, 9.17) is 11.6 Å². The molecule has 0 aromatic heterocycles. The smallest absolute Gasteiger partial charge is 0.241 e. The molecule has 0 bridgehead atoms. The van der Waals surface area contributed by atoms with Crippen molar-refractivity contribution in [3.05, 3.63) is 58.1 Å². The molecule has 144 valence electrons. The summed E-state index contributed by atoms with van der Waals surface area (Å²) >= 11 is 5.90. The fraction of sp³-hybridized carbons (Fsp3) is 0.350. The van der Waals surface area contributed by atoms with Crippen molar-refractivity contribution in [2.45, 2.75) is 32.1 Å². The van der Waals surface area contributed by atoms with Gasteiger partial charge in [-0.05, 0) is 62.1 Å². The van der Waals surface area contributed by atoms with Gasteiger partial charge in [0.15, 0.2) is 0 Å². The zero-order valence-corrected chi connectivity index (χ0v) is 17.2. The quantitative estimate of drug-likeness (QED) is 0.824. The van der Waals surface area contributed by atoms with E-state index in [9.17, 15) is 13.2 Å². The third-order valence-corrected chi connectivity index (χ3v) is 6.76. The van der Waals surface area contributed by atoms with E-state index in [1.807, 2.05) is 19.1 Å². The minimum atomic E-state index is -3.63. The van der Waals surface area contributed by atoms with Gasteiger partial charge in [-0.3, -0.25) is 4.79 Å². The number of nitrogens with one attached hydrogen (secondary N) is 1. The van der Waals surface area contributed by atoms with Crippen molar-refractivity contribution in [3.8, 4) is 0 Å². The molecule has 2 aromatic carbocycles. The number of hydrogen-bond donors (Lipinski definition) is 1. The molecule has 0 radical (unpaired) electrons. The van der Waals surface area contributed by atoms with E-state index in [0.717, 1.165) is 22.4 Å². The van der Waals surface area contributed by atoms with Gasteiger partial charge in [-0.15, -0.1) is 0 Å². The molecule has 0 aliphatic carbocycles. The van der Waals surface area contributed by atoms with Gasteiger partial charge in [-0.25, -0.2) is 13.1 Å². The number of amides is 1. The zero-order valence-electron chi connectivity index (χ0n) is 15.6. The predicted molar refractivity (Wildman–Crippen MR) is 108 cm³/mol. The van der Waals surface area contributed by atoms with Crippen molar-refractivity contribution < 1.29 is 13.2 Å². The van der Waals surface area contributed by atoms with E-state index in [-0.39, 0.29) is 18.4 Å². The van der Waals surface area contributed by atoms with E-state index in [0.29, 0.717) is 22.9 Å². The third-order valence-electron chi connectivity index (χ3n) is 4.78. The summed E-state index contributed by atoms with van der Waals surface area (Å²) in [6, 6.07) is 10.8.